The van der Waals surface area contributed by atoms with Gasteiger partial charge in [0, 0.05) is 65.4 Å². The Hall–Kier alpha value is 1.43. The summed E-state index contributed by atoms with van der Waals surface area (Å²) < 4.78 is 0. The summed E-state index contributed by atoms with van der Waals surface area (Å²) in [7, 11) is 0. The molecule has 3 unspecified atom stereocenters. The molecule has 0 N–H and O–H groups in total. The molecule has 0 fully saturated rings. The van der Waals surface area contributed by atoms with Gasteiger partial charge >= 0.3 is 0 Å². The number of hydrogen-bond donors (Lipinski definition) is 0. The Bertz CT molecular complexity index is 249. The first-order valence-corrected chi connectivity index (χ1v) is 5.91. The van der Waals surface area contributed by atoms with Crippen molar-refractivity contribution < 1.29 is 65.4 Å². The fourth-order valence-electron chi connectivity index (χ4n) is 0.870. The molecule has 0 aliphatic carbocycles. The minimum Gasteiger partial charge on any atom is -0.343 e. The predicted octanol–water partition coefficient (Wildman–Crippen LogP) is 4.74. The van der Waals surface area contributed by atoms with Gasteiger partial charge in [-0.2, -0.15) is 60.6 Å². The Balaban J connectivity index is -0.000000250. The van der Waals surface area contributed by atoms with Crippen LogP contribution in [-0.2, 0) is 65.4 Å². The van der Waals surface area contributed by atoms with Crippen molar-refractivity contribution in [2.45, 2.75) is 33.6 Å². The van der Waals surface area contributed by atoms with E-state index in [-0.39, 0.29) is 65.4 Å². The summed E-state index contributed by atoms with van der Waals surface area (Å²) in [6, 6.07) is 11.3. The molecule has 1 aromatic carbocycles. The standard InChI is InChI=1S/C10H12.C6H12.2Y/c1-3-9(2)10-7-5-4-6-8-10;1-5(2)6(3)4;;/h3-7,9H,1-2H3;5-6H,1,3H2,2,4H3;;/q2*-2;;. The van der Waals surface area contributed by atoms with Crippen LogP contribution in [0.5, 0.6) is 0 Å². The number of rotatable bonds is 3. The second-order valence-electron chi connectivity index (χ2n) is 4.39. The van der Waals surface area contributed by atoms with Crippen LogP contribution in [0.2, 0.25) is 0 Å². The van der Waals surface area contributed by atoms with Gasteiger partial charge in [-0.05, 0) is 0 Å². The monoisotopic (exact) mass is 394 g/mol. The molecule has 1 aromatic rings. The molecule has 0 heterocycles. The van der Waals surface area contributed by atoms with Crippen LogP contribution in [0.3, 0.4) is 0 Å². The van der Waals surface area contributed by atoms with E-state index in [1.54, 1.807) is 0 Å². The summed E-state index contributed by atoms with van der Waals surface area (Å²) in [6.45, 7) is 15.9. The number of benzene rings is 1. The molecule has 0 aliphatic rings. The summed E-state index contributed by atoms with van der Waals surface area (Å²) in [5, 5.41) is 0. The first-order valence-electron chi connectivity index (χ1n) is 5.91. The van der Waals surface area contributed by atoms with Gasteiger partial charge in [0.25, 0.3) is 0 Å². The van der Waals surface area contributed by atoms with E-state index in [2.05, 4.69) is 60.1 Å². The smallest absolute Gasteiger partial charge is 0 e. The molecular weight excluding hydrogens is 370 g/mol. The molecule has 2 radical (unpaired) electrons. The molecule has 0 aromatic heterocycles. The van der Waals surface area contributed by atoms with Gasteiger partial charge in [-0.1, -0.05) is 20.8 Å². The molecule has 0 saturated carbocycles. The summed E-state index contributed by atoms with van der Waals surface area (Å²) in [4.78, 5) is 0. The van der Waals surface area contributed by atoms with Crippen LogP contribution in [-0.4, -0.2) is 0 Å². The predicted molar refractivity (Wildman–Crippen MR) is 72.7 cm³/mol. The van der Waals surface area contributed by atoms with Gasteiger partial charge in [0.15, 0.2) is 0 Å². The molecule has 0 bridgehead atoms. The van der Waals surface area contributed by atoms with Crippen LogP contribution in [0.4, 0.5) is 0 Å². The molecule has 0 saturated heterocycles. The van der Waals surface area contributed by atoms with Crippen LogP contribution in [0, 0.1) is 38.2 Å². The molecular formula is C16H24Y2-4. The second kappa shape index (κ2) is 14.8. The zero-order valence-corrected chi connectivity index (χ0v) is 17.9. The molecule has 18 heavy (non-hydrogen) atoms. The van der Waals surface area contributed by atoms with Gasteiger partial charge < -0.3 is 20.3 Å². The average Bonchev–Trinajstić information content (AvgIpc) is 2.30. The molecule has 3 atom stereocenters. The molecule has 0 spiro atoms. The SMILES string of the molecule is C[CH-]C(C)c1[c-]cccc1.[CH2-]C(C)C([CH2-])C.[Y].[Y]. The van der Waals surface area contributed by atoms with Crippen LogP contribution in [0.1, 0.15) is 39.2 Å². The van der Waals surface area contributed by atoms with Crippen molar-refractivity contribution in [2.24, 2.45) is 11.8 Å². The van der Waals surface area contributed by atoms with Crippen molar-refractivity contribution in [1.82, 2.24) is 0 Å². The quantitative estimate of drug-likeness (QED) is 0.650. The van der Waals surface area contributed by atoms with Gasteiger partial charge in [-0.3, -0.25) is 0 Å². The zero-order valence-electron chi connectivity index (χ0n) is 12.2. The van der Waals surface area contributed by atoms with Crippen molar-refractivity contribution >= 4 is 0 Å². The van der Waals surface area contributed by atoms with Crippen LogP contribution in [0.25, 0.3) is 0 Å². The Morgan fingerprint density at radius 1 is 1.06 bits per heavy atom. The summed E-state index contributed by atoms with van der Waals surface area (Å²) in [5.74, 6) is 1.51. The van der Waals surface area contributed by atoms with E-state index in [9.17, 15) is 0 Å². The van der Waals surface area contributed by atoms with E-state index in [0.717, 1.165) is 0 Å². The fraction of sp³-hybridized carbons (Fsp3) is 0.438. The normalized spacial score (nSPS) is 13.9. The van der Waals surface area contributed by atoms with Gasteiger partial charge in [-0.15, -0.1) is 0 Å². The van der Waals surface area contributed by atoms with Crippen molar-refractivity contribution in [3.05, 3.63) is 56.2 Å². The first-order chi connectivity index (χ1) is 7.49. The molecule has 2 heteroatoms. The zero-order chi connectivity index (χ0) is 12.6. The third-order valence-corrected chi connectivity index (χ3v) is 2.70. The van der Waals surface area contributed by atoms with E-state index in [4.69, 9.17) is 0 Å². The Morgan fingerprint density at radius 2 is 1.56 bits per heavy atom. The molecule has 0 amide bonds. The van der Waals surface area contributed by atoms with E-state index in [1.165, 1.54) is 5.56 Å². The largest absolute Gasteiger partial charge is 0.343 e. The van der Waals surface area contributed by atoms with Crippen molar-refractivity contribution in [1.29, 1.82) is 0 Å². The Labute approximate surface area is 165 Å². The Kier molecular flexibility index (Phi) is 20.1. The van der Waals surface area contributed by atoms with Crippen LogP contribution < -0.4 is 0 Å². The third kappa shape index (κ3) is 12.5. The maximum absolute atomic E-state index is 3.78. The van der Waals surface area contributed by atoms with Gasteiger partial charge in [-0.25, -0.2) is 0 Å². The minimum atomic E-state index is 0. The number of hydrogen-bond acceptors (Lipinski definition) is 0. The van der Waals surface area contributed by atoms with E-state index < -0.39 is 0 Å². The maximum atomic E-state index is 3.78. The minimum absolute atomic E-state index is 0. The molecule has 98 valence electrons. The maximum Gasteiger partial charge on any atom is 0 e. The van der Waals surface area contributed by atoms with Crippen molar-refractivity contribution in [3.8, 4) is 0 Å². The fourth-order valence-corrected chi connectivity index (χ4v) is 0.870. The van der Waals surface area contributed by atoms with E-state index >= 15 is 0 Å². The average molecular weight is 394 g/mol. The van der Waals surface area contributed by atoms with Crippen molar-refractivity contribution in [2.75, 3.05) is 0 Å². The third-order valence-electron chi connectivity index (χ3n) is 2.70. The summed E-state index contributed by atoms with van der Waals surface area (Å²) in [5.41, 5.74) is 1.27. The summed E-state index contributed by atoms with van der Waals surface area (Å²) in [6.07, 6.45) is 2.17. The first kappa shape index (κ1) is 24.4. The molecule has 0 nitrogen and oxygen atoms in total. The second-order valence-corrected chi connectivity index (χ2v) is 4.39. The van der Waals surface area contributed by atoms with E-state index in [0.29, 0.717) is 17.8 Å². The van der Waals surface area contributed by atoms with E-state index in [1.807, 2.05) is 18.2 Å². The molecule has 0 aliphatic heterocycles. The topological polar surface area (TPSA) is 0 Å². The van der Waals surface area contributed by atoms with Crippen LogP contribution in [0.15, 0.2) is 24.3 Å². The molecule has 1 rings (SSSR count). The summed E-state index contributed by atoms with van der Waals surface area (Å²) >= 11 is 0. The Morgan fingerprint density at radius 3 is 1.83 bits per heavy atom. The van der Waals surface area contributed by atoms with Crippen molar-refractivity contribution in [3.63, 3.8) is 0 Å². The van der Waals surface area contributed by atoms with Gasteiger partial charge in [0.1, 0.15) is 0 Å². The van der Waals surface area contributed by atoms with Gasteiger partial charge in [0.05, 0.1) is 0 Å². The van der Waals surface area contributed by atoms with Crippen LogP contribution >= 0.6 is 0 Å². The van der Waals surface area contributed by atoms with Gasteiger partial charge in [0.2, 0.25) is 0 Å².